The normalized spacial score (nSPS) is 16.2. The molecule has 1 aliphatic carbocycles. The number of nitrogens with zero attached hydrogens (tertiary/aromatic N) is 1. The standard InChI is InChI=1S/C12H18BrNO3S2/c1-9-11(7-12(13)18-9)19(15,16)14(2)5-6-17-8-10-3-4-10/h7,10H,3-6,8H2,1-2H3. The second-order valence-electron chi connectivity index (χ2n) is 4.82. The molecule has 0 aromatic carbocycles. The molecule has 1 aromatic heterocycles. The van der Waals surface area contributed by atoms with E-state index in [1.807, 2.05) is 6.92 Å². The Bertz CT molecular complexity index is 537. The zero-order valence-electron chi connectivity index (χ0n) is 11.1. The van der Waals surface area contributed by atoms with Crippen molar-refractivity contribution in [3.8, 4) is 0 Å². The van der Waals surface area contributed by atoms with E-state index in [0.717, 1.165) is 15.3 Å². The highest BCUT2D eigenvalue weighted by Gasteiger charge is 2.25. The van der Waals surface area contributed by atoms with Gasteiger partial charge in [-0.2, -0.15) is 4.31 Å². The molecule has 1 aliphatic rings. The molecule has 0 N–H and O–H groups in total. The lowest BCUT2D eigenvalue weighted by atomic mass is 10.5. The van der Waals surface area contributed by atoms with Crippen molar-refractivity contribution in [2.45, 2.75) is 24.7 Å². The fraction of sp³-hybridized carbons (Fsp3) is 0.667. The summed E-state index contributed by atoms with van der Waals surface area (Å²) >= 11 is 4.76. The Labute approximate surface area is 126 Å². The van der Waals surface area contributed by atoms with Crippen LogP contribution in [-0.4, -0.2) is 39.5 Å². The maximum atomic E-state index is 12.4. The van der Waals surface area contributed by atoms with Crippen molar-refractivity contribution in [3.63, 3.8) is 0 Å². The molecule has 0 bridgehead atoms. The molecule has 0 atom stereocenters. The van der Waals surface area contributed by atoms with Gasteiger partial charge in [-0.3, -0.25) is 0 Å². The van der Waals surface area contributed by atoms with E-state index in [9.17, 15) is 8.42 Å². The van der Waals surface area contributed by atoms with Crippen LogP contribution < -0.4 is 0 Å². The molecule has 1 fully saturated rings. The largest absolute Gasteiger partial charge is 0.380 e. The number of ether oxygens (including phenoxy) is 1. The lowest BCUT2D eigenvalue weighted by Gasteiger charge is -2.16. The van der Waals surface area contributed by atoms with Crippen molar-refractivity contribution in [2.24, 2.45) is 5.92 Å². The molecule has 0 amide bonds. The summed E-state index contributed by atoms with van der Waals surface area (Å²) in [6, 6.07) is 1.66. The highest BCUT2D eigenvalue weighted by Crippen LogP contribution is 2.31. The molecule has 7 heteroatoms. The van der Waals surface area contributed by atoms with Crippen LogP contribution in [0.5, 0.6) is 0 Å². The van der Waals surface area contributed by atoms with E-state index in [-0.39, 0.29) is 0 Å². The van der Waals surface area contributed by atoms with Crippen molar-refractivity contribution in [1.29, 1.82) is 0 Å². The topological polar surface area (TPSA) is 46.6 Å². The van der Waals surface area contributed by atoms with Gasteiger partial charge in [0.15, 0.2) is 0 Å². The van der Waals surface area contributed by atoms with Crippen molar-refractivity contribution in [2.75, 3.05) is 26.8 Å². The van der Waals surface area contributed by atoms with E-state index in [0.29, 0.717) is 24.0 Å². The van der Waals surface area contributed by atoms with Crippen LogP contribution in [0.2, 0.25) is 0 Å². The van der Waals surface area contributed by atoms with Crippen LogP contribution in [0.4, 0.5) is 0 Å². The van der Waals surface area contributed by atoms with Crippen LogP contribution in [0.15, 0.2) is 14.7 Å². The van der Waals surface area contributed by atoms with Crippen molar-refractivity contribution in [1.82, 2.24) is 4.31 Å². The smallest absolute Gasteiger partial charge is 0.244 e. The molecule has 1 heterocycles. The van der Waals surface area contributed by atoms with Gasteiger partial charge in [0.25, 0.3) is 0 Å². The molecule has 1 aromatic rings. The predicted octanol–water partition coefficient (Wildman–Crippen LogP) is 2.87. The van der Waals surface area contributed by atoms with Crippen LogP contribution in [0, 0.1) is 12.8 Å². The minimum atomic E-state index is -3.40. The average Bonchev–Trinajstić information content (AvgIpc) is 3.09. The first-order valence-electron chi connectivity index (χ1n) is 6.21. The lowest BCUT2D eigenvalue weighted by Crippen LogP contribution is -2.30. The number of likely N-dealkylation sites (N-methyl/N-ethyl adjacent to an activating group) is 1. The summed E-state index contributed by atoms with van der Waals surface area (Å²) < 4.78 is 32.4. The van der Waals surface area contributed by atoms with Gasteiger partial charge >= 0.3 is 0 Å². The Hall–Kier alpha value is 0.0500. The zero-order chi connectivity index (χ0) is 14.0. The Morgan fingerprint density at radius 2 is 2.21 bits per heavy atom. The molecule has 0 aliphatic heterocycles. The third-order valence-electron chi connectivity index (χ3n) is 3.13. The molecule has 108 valence electrons. The third kappa shape index (κ3) is 4.01. The van der Waals surface area contributed by atoms with Crippen LogP contribution in [0.25, 0.3) is 0 Å². The lowest BCUT2D eigenvalue weighted by molar-refractivity contribution is 0.117. The highest BCUT2D eigenvalue weighted by atomic mass is 79.9. The van der Waals surface area contributed by atoms with Crippen molar-refractivity contribution >= 4 is 37.3 Å². The zero-order valence-corrected chi connectivity index (χ0v) is 14.3. The van der Waals surface area contributed by atoms with Gasteiger partial charge in [0.2, 0.25) is 10.0 Å². The third-order valence-corrected chi connectivity index (χ3v) is 6.80. The molecule has 0 saturated heterocycles. The Morgan fingerprint density at radius 1 is 1.53 bits per heavy atom. The van der Waals surface area contributed by atoms with Gasteiger partial charge in [-0.05, 0) is 47.7 Å². The summed E-state index contributed by atoms with van der Waals surface area (Å²) in [4.78, 5) is 1.19. The number of hydrogen-bond acceptors (Lipinski definition) is 4. The fourth-order valence-electron chi connectivity index (χ4n) is 1.70. The molecule has 4 nitrogen and oxygen atoms in total. The van der Waals surface area contributed by atoms with Gasteiger partial charge in [0.1, 0.15) is 0 Å². The summed E-state index contributed by atoms with van der Waals surface area (Å²) in [5.74, 6) is 0.706. The average molecular weight is 368 g/mol. The van der Waals surface area contributed by atoms with Gasteiger partial charge in [0.05, 0.1) is 15.3 Å². The molecular weight excluding hydrogens is 350 g/mol. The van der Waals surface area contributed by atoms with Crippen LogP contribution in [0.1, 0.15) is 17.7 Å². The molecule has 2 rings (SSSR count). The quantitative estimate of drug-likeness (QED) is 0.696. The Balaban J connectivity index is 1.92. The number of thiophene rings is 1. The molecule has 0 spiro atoms. The molecule has 1 saturated carbocycles. The second-order valence-corrected chi connectivity index (χ2v) is 9.46. The predicted molar refractivity (Wildman–Crippen MR) is 80.1 cm³/mol. The first kappa shape index (κ1) is 15.4. The molecule has 19 heavy (non-hydrogen) atoms. The number of aryl methyl sites for hydroxylation is 1. The van der Waals surface area contributed by atoms with E-state index in [4.69, 9.17) is 4.74 Å². The van der Waals surface area contributed by atoms with Gasteiger partial charge in [-0.1, -0.05) is 0 Å². The van der Waals surface area contributed by atoms with Crippen molar-refractivity contribution < 1.29 is 13.2 Å². The number of halogens is 1. The fourth-order valence-corrected chi connectivity index (χ4v) is 5.24. The van der Waals surface area contributed by atoms with Gasteiger partial charge in [0, 0.05) is 25.1 Å². The number of hydrogen-bond donors (Lipinski definition) is 0. The Morgan fingerprint density at radius 3 is 2.74 bits per heavy atom. The molecule has 0 unspecified atom stereocenters. The van der Waals surface area contributed by atoms with Crippen LogP contribution in [-0.2, 0) is 14.8 Å². The first-order chi connectivity index (χ1) is 8.91. The Kier molecular flexibility index (Phi) is 5.05. The summed E-state index contributed by atoms with van der Waals surface area (Å²) in [6.45, 7) is 3.43. The first-order valence-corrected chi connectivity index (χ1v) is 9.26. The van der Waals surface area contributed by atoms with E-state index in [1.165, 1.54) is 28.5 Å². The minimum absolute atomic E-state index is 0.383. The monoisotopic (exact) mass is 367 g/mol. The van der Waals surface area contributed by atoms with Crippen LogP contribution >= 0.6 is 27.3 Å². The van der Waals surface area contributed by atoms with E-state index in [2.05, 4.69) is 15.9 Å². The van der Waals surface area contributed by atoms with E-state index < -0.39 is 10.0 Å². The maximum absolute atomic E-state index is 12.4. The molecule has 0 radical (unpaired) electrons. The summed E-state index contributed by atoms with van der Waals surface area (Å²) in [5.41, 5.74) is 0. The summed E-state index contributed by atoms with van der Waals surface area (Å²) in [6.07, 6.45) is 2.49. The number of rotatable bonds is 7. The van der Waals surface area contributed by atoms with E-state index >= 15 is 0 Å². The van der Waals surface area contributed by atoms with Crippen LogP contribution in [0.3, 0.4) is 0 Å². The highest BCUT2D eigenvalue weighted by molar-refractivity contribution is 9.11. The SMILES string of the molecule is Cc1sc(Br)cc1S(=O)(=O)N(C)CCOCC1CC1. The van der Waals surface area contributed by atoms with Gasteiger partial charge in [-0.15, -0.1) is 11.3 Å². The van der Waals surface area contributed by atoms with Crippen molar-refractivity contribution in [3.05, 3.63) is 14.7 Å². The summed E-state index contributed by atoms with van der Waals surface area (Å²) in [5, 5.41) is 0. The summed E-state index contributed by atoms with van der Waals surface area (Å²) in [7, 11) is -1.80. The maximum Gasteiger partial charge on any atom is 0.244 e. The van der Waals surface area contributed by atoms with Gasteiger partial charge < -0.3 is 4.74 Å². The van der Waals surface area contributed by atoms with E-state index in [1.54, 1.807) is 13.1 Å². The second kappa shape index (κ2) is 6.22. The number of sulfonamides is 1. The minimum Gasteiger partial charge on any atom is -0.380 e. The van der Waals surface area contributed by atoms with Gasteiger partial charge in [-0.25, -0.2) is 8.42 Å². The molecular formula is C12H18BrNO3S2.